The first-order valence-electron chi connectivity index (χ1n) is 29.0. The lowest BCUT2D eigenvalue weighted by atomic mass is 9.93. The van der Waals surface area contributed by atoms with Gasteiger partial charge in [0.2, 0.25) is 0 Å². The molecule has 0 bridgehead atoms. The quantitative estimate of drug-likeness (QED) is 0.0252. The highest BCUT2D eigenvalue weighted by molar-refractivity contribution is 5.93. The van der Waals surface area contributed by atoms with Crippen molar-refractivity contribution in [2.75, 3.05) is 52.9 Å². The SMILES string of the molecule is Oc1ccc2ccc(OCC(O)COc3ccc4ccc(OCC(O)COc5ccc6ccc(O)cc6c5)c(Cc5c(OCC(O)COc6ccc7ccc(O)cc7c6)ccc6ccc(OCC(O)COc7ccc8ccc(O)cc8c7)cc56)c4c3)cc2c1. The van der Waals surface area contributed by atoms with Gasteiger partial charge in [0.25, 0.3) is 0 Å². The van der Waals surface area contributed by atoms with Crippen molar-refractivity contribution in [3.05, 3.63) is 217 Å². The number of aliphatic hydroxyl groups is 4. The third kappa shape index (κ3) is 14.7. The van der Waals surface area contributed by atoms with Crippen LogP contribution in [0.1, 0.15) is 11.1 Å². The number of phenols is 4. The molecule has 12 aromatic carbocycles. The van der Waals surface area contributed by atoms with Gasteiger partial charge in [-0.25, -0.2) is 0 Å². The van der Waals surface area contributed by atoms with Crippen LogP contribution in [0.2, 0.25) is 0 Å². The van der Waals surface area contributed by atoms with Crippen LogP contribution in [0.5, 0.6) is 69.0 Å². The first-order chi connectivity index (χ1) is 43.3. The van der Waals surface area contributed by atoms with Crippen LogP contribution in [0, 0.1) is 0 Å². The zero-order valence-electron chi connectivity index (χ0n) is 48.1. The van der Waals surface area contributed by atoms with E-state index in [0.29, 0.717) is 67.9 Å². The molecule has 452 valence electrons. The van der Waals surface area contributed by atoms with Gasteiger partial charge in [-0.05, 0) is 198 Å². The monoisotopic (exact) mass is 1200 g/mol. The summed E-state index contributed by atoms with van der Waals surface area (Å²) in [5, 5.41) is 95.3. The Morgan fingerprint density at radius 1 is 0.225 bits per heavy atom. The highest BCUT2D eigenvalue weighted by Gasteiger charge is 2.21. The fourth-order valence-electron chi connectivity index (χ4n) is 10.6. The van der Waals surface area contributed by atoms with Crippen molar-refractivity contribution in [2.24, 2.45) is 0 Å². The molecule has 12 rings (SSSR count). The first-order valence-corrected chi connectivity index (χ1v) is 29.0. The minimum absolute atomic E-state index is 0.0757. The molecule has 0 aromatic heterocycles. The molecule has 0 aliphatic carbocycles. The molecule has 4 unspecified atom stereocenters. The van der Waals surface area contributed by atoms with Crippen LogP contribution in [0.15, 0.2) is 206 Å². The van der Waals surface area contributed by atoms with Gasteiger partial charge in [0.05, 0.1) is 0 Å². The summed E-state index contributed by atoms with van der Waals surface area (Å²) in [4.78, 5) is 0. The van der Waals surface area contributed by atoms with Crippen molar-refractivity contribution in [1.82, 2.24) is 0 Å². The van der Waals surface area contributed by atoms with Gasteiger partial charge in [-0.1, -0.05) is 72.8 Å². The fourth-order valence-corrected chi connectivity index (χ4v) is 10.6. The number of aromatic hydroxyl groups is 4. The van der Waals surface area contributed by atoms with Crippen LogP contribution < -0.4 is 37.9 Å². The second kappa shape index (κ2) is 26.7. The Labute approximate surface area is 511 Å². The Morgan fingerprint density at radius 2 is 0.449 bits per heavy atom. The van der Waals surface area contributed by atoms with E-state index in [9.17, 15) is 40.9 Å². The normalized spacial score (nSPS) is 12.9. The van der Waals surface area contributed by atoms with Gasteiger partial charge in [0, 0.05) is 17.5 Å². The van der Waals surface area contributed by atoms with Gasteiger partial charge in [-0.15, -0.1) is 0 Å². The van der Waals surface area contributed by atoms with Crippen LogP contribution in [-0.2, 0) is 6.42 Å². The maximum absolute atomic E-state index is 11.4. The molecule has 0 radical (unpaired) electrons. The largest absolute Gasteiger partial charge is 0.508 e. The number of fused-ring (bicyclic) bond motifs is 6. The molecule has 0 amide bonds. The van der Waals surface area contributed by atoms with Crippen LogP contribution in [0.4, 0.5) is 0 Å². The van der Waals surface area contributed by atoms with E-state index in [1.54, 1.807) is 109 Å². The van der Waals surface area contributed by atoms with E-state index in [-0.39, 0.29) is 82.3 Å². The molecule has 16 heteroatoms. The van der Waals surface area contributed by atoms with Gasteiger partial charge in [0.15, 0.2) is 0 Å². The molecule has 8 N–H and O–H groups in total. The standard InChI is InChI=1S/C73H64O16/c74-54-13-1-44-5-17-62(29-50(44)25-54)82-36-58(78)38-86-66-21-9-48-11-23-72(88-42-60(80)40-84-64-19-7-46-3-15-56(76)27-52(46)31-64)70(68(48)33-66)35-71-69-34-67(87-39-59(79)37-83-63-18-6-45-2-14-55(75)26-51(45)30-63)22-10-49(69)12-24-73(71)89-43-61(81)41-85-65-20-8-47-4-16-57(77)28-53(47)32-65/h1-34,58-61,74-81H,35-43H2. The summed E-state index contributed by atoms with van der Waals surface area (Å²) in [6, 6.07) is 60.7. The Balaban J connectivity index is 0.827. The number of phenolic OH excluding ortho intramolecular Hbond substituents is 4. The highest BCUT2D eigenvalue weighted by atomic mass is 16.5. The smallest absolute Gasteiger partial charge is 0.123 e. The third-order valence-electron chi connectivity index (χ3n) is 15.2. The van der Waals surface area contributed by atoms with Crippen molar-refractivity contribution < 1.29 is 78.7 Å². The second-order valence-corrected chi connectivity index (χ2v) is 21.9. The summed E-state index contributed by atoms with van der Waals surface area (Å²) in [5.41, 5.74) is 1.35. The Bertz CT molecular complexity index is 4200. The number of rotatable bonds is 26. The highest BCUT2D eigenvalue weighted by Crippen LogP contribution is 2.39. The summed E-state index contributed by atoms with van der Waals surface area (Å²) in [5.74, 6) is 4.25. The van der Waals surface area contributed by atoms with E-state index < -0.39 is 24.4 Å². The fraction of sp³-hybridized carbons (Fsp3) is 0.178. The van der Waals surface area contributed by atoms with E-state index in [4.69, 9.17) is 37.9 Å². The topological polar surface area (TPSA) is 236 Å². The lowest BCUT2D eigenvalue weighted by Gasteiger charge is -2.21. The van der Waals surface area contributed by atoms with Crippen LogP contribution in [0.3, 0.4) is 0 Å². The predicted octanol–water partition coefficient (Wildman–Crippen LogP) is 12.3. The molecule has 0 saturated carbocycles. The molecule has 0 heterocycles. The van der Waals surface area contributed by atoms with Crippen LogP contribution in [0.25, 0.3) is 64.6 Å². The minimum atomic E-state index is -1.09. The Morgan fingerprint density at radius 3 is 0.730 bits per heavy atom. The zero-order chi connectivity index (χ0) is 61.4. The number of hydrogen-bond acceptors (Lipinski definition) is 16. The number of hydrogen-bond donors (Lipinski definition) is 8. The first kappa shape index (κ1) is 59.0. The molecule has 12 aromatic rings. The summed E-state index contributed by atoms with van der Waals surface area (Å²) in [6.07, 6.45) is -4.10. The molecular formula is C73H64O16. The number of benzene rings is 12. The second-order valence-electron chi connectivity index (χ2n) is 21.9. The molecule has 89 heavy (non-hydrogen) atoms. The summed E-state index contributed by atoms with van der Waals surface area (Å²) < 4.78 is 49.6. The van der Waals surface area contributed by atoms with Gasteiger partial charge in [-0.3, -0.25) is 0 Å². The van der Waals surface area contributed by atoms with Gasteiger partial charge in [-0.2, -0.15) is 0 Å². The van der Waals surface area contributed by atoms with E-state index in [0.717, 1.165) is 53.9 Å². The average molecular weight is 1200 g/mol. The molecule has 16 nitrogen and oxygen atoms in total. The summed E-state index contributed by atoms with van der Waals surface area (Å²) in [6.45, 7) is -0.965. The van der Waals surface area contributed by atoms with Gasteiger partial charge in [0.1, 0.15) is 146 Å². The molecule has 0 spiro atoms. The summed E-state index contributed by atoms with van der Waals surface area (Å²) >= 11 is 0. The molecule has 0 aliphatic heterocycles. The molecule has 0 saturated heterocycles. The average Bonchev–Trinajstić information content (AvgIpc) is 1.24. The van der Waals surface area contributed by atoms with E-state index in [2.05, 4.69) is 0 Å². The lowest BCUT2D eigenvalue weighted by molar-refractivity contribution is 0.0620. The lowest BCUT2D eigenvalue weighted by Crippen LogP contribution is -2.25. The Kier molecular flexibility index (Phi) is 17.7. The molecule has 4 atom stereocenters. The molecule has 0 aliphatic rings. The van der Waals surface area contributed by atoms with Crippen molar-refractivity contribution in [3.63, 3.8) is 0 Å². The Hall–Kier alpha value is -10.4. The number of aliphatic hydroxyl groups excluding tert-OH is 4. The third-order valence-corrected chi connectivity index (χ3v) is 15.2. The van der Waals surface area contributed by atoms with Crippen molar-refractivity contribution >= 4 is 64.6 Å². The molecular weight excluding hydrogens is 1130 g/mol. The van der Waals surface area contributed by atoms with E-state index >= 15 is 0 Å². The molecule has 0 fully saturated rings. The summed E-state index contributed by atoms with van der Waals surface area (Å²) in [7, 11) is 0. The predicted molar refractivity (Wildman–Crippen MR) is 341 cm³/mol. The van der Waals surface area contributed by atoms with Crippen LogP contribution >= 0.6 is 0 Å². The van der Waals surface area contributed by atoms with E-state index in [1.165, 1.54) is 0 Å². The van der Waals surface area contributed by atoms with E-state index in [1.807, 2.05) is 97.1 Å². The van der Waals surface area contributed by atoms with Gasteiger partial charge >= 0.3 is 0 Å². The maximum Gasteiger partial charge on any atom is 0.123 e. The minimum Gasteiger partial charge on any atom is -0.508 e. The van der Waals surface area contributed by atoms with Gasteiger partial charge < -0.3 is 78.7 Å². The van der Waals surface area contributed by atoms with Crippen molar-refractivity contribution in [2.45, 2.75) is 30.8 Å². The van der Waals surface area contributed by atoms with Crippen molar-refractivity contribution in [3.8, 4) is 69.0 Å². The zero-order valence-corrected chi connectivity index (χ0v) is 48.1. The van der Waals surface area contributed by atoms with Crippen LogP contribution in [-0.4, -0.2) is 118 Å². The maximum atomic E-state index is 11.4. The number of ether oxygens (including phenoxy) is 8. The van der Waals surface area contributed by atoms with Crippen molar-refractivity contribution in [1.29, 1.82) is 0 Å².